The van der Waals surface area contributed by atoms with Gasteiger partial charge in [0.25, 0.3) is 7.41 Å². The number of hydrogen-bond acceptors (Lipinski definition) is 7. The molecule has 2 atom stereocenters. The average molecular weight is 353 g/mol. The van der Waals surface area contributed by atoms with Gasteiger partial charge in [0.15, 0.2) is 5.69 Å². The maximum absolute atomic E-state index is 11.8. The van der Waals surface area contributed by atoms with Crippen LogP contribution in [0.15, 0.2) is 5.38 Å². The first-order valence-electron chi connectivity index (χ1n) is 8.19. The minimum Gasteiger partial charge on any atom is -0.461 e. The Morgan fingerprint density at radius 3 is 2.67 bits per heavy atom. The molecule has 1 radical (unpaired) electrons. The second-order valence-electron chi connectivity index (χ2n) is 5.73. The summed E-state index contributed by atoms with van der Waals surface area (Å²) in [6, 6.07) is 0.127. The van der Waals surface area contributed by atoms with Crippen molar-refractivity contribution in [1.29, 1.82) is 0 Å². The summed E-state index contributed by atoms with van der Waals surface area (Å²) in [4.78, 5) is 28.9. The number of hydrogen-bond donors (Lipinski definition) is 0. The van der Waals surface area contributed by atoms with Crippen LogP contribution in [0, 0.1) is 5.92 Å². The molecule has 24 heavy (non-hydrogen) atoms. The third kappa shape index (κ3) is 6.00. The molecule has 0 saturated carbocycles. The van der Waals surface area contributed by atoms with Crippen molar-refractivity contribution in [3.05, 3.63) is 16.1 Å². The second kappa shape index (κ2) is 10.6. The molecule has 0 fully saturated rings. The summed E-state index contributed by atoms with van der Waals surface area (Å²) in [5.74, 6) is -0.0827. The first-order chi connectivity index (χ1) is 11.4. The molecule has 0 N–H and O–H groups in total. The Labute approximate surface area is 148 Å². The molecule has 0 spiro atoms. The van der Waals surface area contributed by atoms with E-state index in [2.05, 4.69) is 18.8 Å². The highest BCUT2D eigenvalue weighted by Gasteiger charge is 2.27. The molecule has 6 nitrogen and oxygen atoms in total. The highest BCUT2D eigenvalue weighted by atomic mass is 32.1. The Morgan fingerprint density at radius 1 is 1.42 bits per heavy atom. The van der Waals surface area contributed by atoms with Gasteiger partial charge in [0.2, 0.25) is 0 Å². The van der Waals surface area contributed by atoms with E-state index in [4.69, 9.17) is 9.47 Å². The molecule has 0 aliphatic rings. The maximum atomic E-state index is 11.8. The Balaban J connectivity index is 2.92. The van der Waals surface area contributed by atoms with Crippen LogP contribution in [0.3, 0.4) is 0 Å². The molecule has 1 rings (SSSR count). The zero-order chi connectivity index (χ0) is 18.1. The molecular weight excluding hydrogens is 327 g/mol. The van der Waals surface area contributed by atoms with E-state index in [0.29, 0.717) is 31.2 Å². The van der Waals surface area contributed by atoms with Crippen LogP contribution in [0.1, 0.15) is 55.7 Å². The molecule has 1 aromatic heterocycles. The molecule has 0 aliphatic carbocycles. The van der Waals surface area contributed by atoms with E-state index >= 15 is 0 Å². The van der Waals surface area contributed by atoms with Gasteiger partial charge in [-0.05, 0) is 33.2 Å². The highest BCUT2D eigenvalue weighted by molar-refractivity contribution is 7.09. The van der Waals surface area contributed by atoms with Gasteiger partial charge in [0.1, 0.15) is 11.1 Å². The summed E-state index contributed by atoms with van der Waals surface area (Å²) in [5, 5.41) is 2.45. The monoisotopic (exact) mass is 353 g/mol. The van der Waals surface area contributed by atoms with E-state index in [1.54, 1.807) is 12.3 Å². The molecule has 133 valence electrons. The lowest BCUT2D eigenvalue weighted by molar-refractivity contribution is 0.0360. The summed E-state index contributed by atoms with van der Waals surface area (Å²) in [6.45, 7) is 8.77. The third-order valence-corrected chi connectivity index (χ3v) is 4.63. The number of aromatic nitrogens is 1. The van der Waals surface area contributed by atoms with Crippen molar-refractivity contribution in [3.8, 4) is 0 Å². The number of carbonyl (C=O) groups is 2. The van der Waals surface area contributed by atoms with Crippen LogP contribution >= 0.6 is 11.3 Å². The van der Waals surface area contributed by atoms with Crippen molar-refractivity contribution in [2.45, 2.75) is 46.3 Å². The quantitative estimate of drug-likeness (QED) is 0.346. The van der Waals surface area contributed by atoms with Crippen LogP contribution in [-0.4, -0.2) is 55.7 Å². The fraction of sp³-hybridized carbons (Fsp3) is 0.688. The van der Waals surface area contributed by atoms with E-state index in [1.807, 2.05) is 18.8 Å². The molecule has 0 saturated heterocycles. The average Bonchev–Trinajstić information content (AvgIpc) is 3.01. The van der Waals surface area contributed by atoms with E-state index in [1.165, 1.54) is 18.8 Å². The number of ether oxygens (including phenoxy) is 2. The van der Waals surface area contributed by atoms with Crippen molar-refractivity contribution < 1.29 is 19.1 Å². The number of carbonyl (C=O) groups excluding carboxylic acids is 2. The van der Waals surface area contributed by atoms with Gasteiger partial charge in [0, 0.05) is 18.0 Å². The smallest absolute Gasteiger partial charge is 0.357 e. The maximum Gasteiger partial charge on any atom is 0.357 e. The molecule has 1 aromatic rings. The van der Waals surface area contributed by atoms with Crippen LogP contribution < -0.4 is 0 Å². The van der Waals surface area contributed by atoms with Gasteiger partial charge >= 0.3 is 5.97 Å². The third-order valence-electron chi connectivity index (χ3n) is 3.69. The van der Waals surface area contributed by atoms with Crippen molar-refractivity contribution in [2.75, 3.05) is 20.3 Å². The fourth-order valence-corrected chi connectivity index (χ4v) is 3.36. The van der Waals surface area contributed by atoms with E-state index in [-0.39, 0.29) is 12.1 Å². The lowest BCUT2D eigenvalue weighted by atomic mass is 9.86. The highest BCUT2D eigenvalue weighted by Crippen LogP contribution is 2.29. The largest absolute Gasteiger partial charge is 0.461 e. The second-order valence-corrected chi connectivity index (χ2v) is 6.62. The molecule has 1 heterocycles. The van der Waals surface area contributed by atoms with Crippen molar-refractivity contribution >= 4 is 30.9 Å². The Morgan fingerprint density at radius 2 is 2.12 bits per heavy atom. The van der Waals surface area contributed by atoms with Crippen LogP contribution in [0.4, 0.5) is 0 Å². The number of nitrogens with zero attached hydrogens (tertiary/aromatic N) is 2. The summed E-state index contributed by atoms with van der Waals surface area (Å²) in [7, 11) is 3.41. The fourth-order valence-electron chi connectivity index (χ4n) is 2.51. The topological polar surface area (TPSA) is 68.7 Å². The van der Waals surface area contributed by atoms with Crippen molar-refractivity contribution in [3.63, 3.8) is 0 Å². The molecule has 0 bridgehead atoms. The van der Waals surface area contributed by atoms with Crippen molar-refractivity contribution in [2.24, 2.45) is 5.92 Å². The summed E-state index contributed by atoms with van der Waals surface area (Å²) in [5.41, 5.74) is 0.315. The Kier molecular flexibility index (Phi) is 9.17. The Hall–Kier alpha value is -1.25. The first-order valence-corrected chi connectivity index (χ1v) is 9.07. The van der Waals surface area contributed by atoms with Crippen LogP contribution in [-0.2, 0) is 14.3 Å². The van der Waals surface area contributed by atoms with Gasteiger partial charge in [-0.2, -0.15) is 0 Å². The number of rotatable bonds is 11. The number of thiazole rings is 1. The molecule has 0 aromatic carbocycles. The van der Waals surface area contributed by atoms with E-state index in [0.717, 1.165) is 11.2 Å². The van der Waals surface area contributed by atoms with Crippen LogP contribution in [0.5, 0.6) is 0 Å². The first kappa shape index (κ1) is 20.8. The lowest BCUT2D eigenvalue weighted by Crippen LogP contribution is -2.40. The Bertz CT molecular complexity index is 524. The summed E-state index contributed by atoms with van der Waals surface area (Å²) < 4.78 is 10.8. The molecular formula is C16H26BN2O4S. The van der Waals surface area contributed by atoms with Crippen molar-refractivity contribution in [1.82, 2.24) is 9.79 Å². The zero-order valence-corrected chi connectivity index (χ0v) is 15.8. The molecule has 8 heteroatoms. The van der Waals surface area contributed by atoms with Crippen LogP contribution in [0.2, 0.25) is 0 Å². The van der Waals surface area contributed by atoms with Gasteiger partial charge in [-0.3, -0.25) is 0 Å². The summed E-state index contributed by atoms with van der Waals surface area (Å²) >= 11 is 1.40. The predicted octanol–water partition coefficient (Wildman–Crippen LogP) is 2.55. The molecule has 0 aliphatic heterocycles. The van der Waals surface area contributed by atoms with Gasteiger partial charge in [-0.25, -0.2) is 9.78 Å². The summed E-state index contributed by atoms with van der Waals surface area (Å²) in [6.07, 6.45) is 1.24. The number of esters is 1. The minimum atomic E-state index is -0.415. The SMILES string of the molecule is CCOC(=O)c1csc([C@@H](C[C@@H](C(C)C)N(C)[B]C=O)OCC)n1. The van der Waals surface area contributed by atoms with Gasteiger partial charge in [-0.1, -0.05) is 13.8 Å². The molecule has 0 unspecified atom stereocenters. The molecule has 0 amide bonds. The van der Waals surface area contributed by atoms with Gasteiger partial charge in [0.05, 0.1) is 12.8 Å². The zero-order valence-electron chi connectivity index (χ0n) is 15.0. The van der Waals surface area contributed by atoms with Crippen LogP contribution in [0.25, 0.3) is 0 Å². The normalized spacial score (nSPS) is 13.8. The van der Waals surface area contributed by atoms with Gasteiger partial charge < -0.3 is 19.1 Å². The van der Waals surface area contributed by atoms with Gasteiger partial charge in [-0.15, -0.1) is 11.3 Å². The predicted molar refractivity (Wildman–Crippen MR) is 95.9 cm³/mol. The van der Waals surface area contributed by atoms with E-state index in [9.17, 15) is 9.59 Å². The lowest BCUT2D eigenvalue weighted by Gasteiger charge is -2.32. The van der Waals surface area contributed by atoms with E-state index < -0.39 is 5.97 Å². The standard InChI is InChI=1S/C16H26BN2O4S/c1-6-22-14(8-13(11(3)4)19(5)17-10-20)15-18-12(9-24-15)16(21)23-7-2/h9-11,13-14H,6-8H2,1-5H3/t13-,14+/m0/s1. The minimum absolute atomic E-state index is 0.127.